The first-order valence-electron chi connectivity index (χ1n) is 8.12. The number of aromatic hydroxyl groups is 1. The number of amides is 1. The van der Waals surface area contributed by atoms with Crippen molar-refractivity contribution in [1.82, 2.24) is 14.9 Å². The fourth-order valence-electron chi connectivity index (χ4n) is 3.06. The van der Waals surface area contributed by atoms with Gasteiger partial charge < -0.3 is 10.4 Å². The Hall–Kier alpha value is -2.54. The van der Waals surface area contributed by atoms with E-state index in [0.29, 0.717) is 5.02 Å². The lowest BCUT2D eigenvalue weighted by molar-refractivity contribution is 0.0922. The number of H-pyrrole nitrogens is 1. The molecule has 0 saturated heterocycles. The highest BCUT2D eigenvalue weighted by Crippen LogP contribution is 2.20. The van der Waals surface area contributed by atoms with Gasteiger partial charge in [-0.1, -0.05) is 30.9 Å². The number of hydrogen-bond donors (Lipinski definition) is 3. The Morgan fingerprint density at radius 2 is 1.80 bits per heavy atom. The van der Waals surface area contributed by atoms with E-state index in [4.69, 9.17) is 11.6 Å². The van der Waals surface area contributed by atoms with Gasteiger partial charge in [0.1, 0.15) is 0 Å². The third kappa shape index (κ3) is 3.61. The van der Waals surface area contributed by atoms with Gasteiger partial charge in [0.25, 0.3) is 11.5 Å². The summed E-state index contributed by atoms with van der Waals surface area (Å²) >= 11 is 5.82. The normalized spacial score (nSPS) is 15.1. The number of rotatable bonds is 3. The predicted molar refractivity (Wildman–Crippen MR) is 93.7 cm³/mol. The number of carbonyl (C=O) groups is 1. The Morgan fingerprint density at radius 1 is 1.16 bits per heavy atom. The van der Waals surface area contributed by atoms with Crippen molar-refractivity contribution in [1.29, 1.82) is 0 Å². The van der Waals surface area contributed by atoms with Gasteiger partial charge in [0.2, 0.25) is 5.88 Å². The highest BCUT2D eigenvalue weighted by Gasteiger charge is 2.24. The summed E-state index contributed by atoms with van der Waals surface area (Å²) in [5.41, 5.74) is -1.94. The number of nitrogens with zero attached hydrogens (tertiary/aromatic N) is 1. The lowest BCUT2D eigenvalue weighted by Gasteiger charge is -2.22. The van der Waals surface area contributed by atoms with Crippen molar-refractivity contribution < 1.29 is 9.90 Å². The van der Waals surface area contributed by atoms with E-state index < -0.39 is 28.6 Å². The van der Waals surface area contributed by atoms with E-state index in [1.54, 1.807) is 0 Å². The van der Waals surface area contributed by atoms with E-state index in [9.17, 15) is 19.5 Å². The van der Waals surface area contributed by atoms with E-state index in [-0.39, 0.29) is 11.7 Å². The molecule has 1 amide bonds. The molecule has 25 heavy (non-hydrogen) atoms. The van der Waals surface area contributed by atoms with Crippen molar-refractivity contribution in [3.63, 3.8) is 0 Å². The number of benzene rings is 1. The average molecular weight is 364 g/mol. The molecular formula is C17H18ClN3O4. The molecule has 8 heteroatoms. The van der Waals surface area contributed by atoms with Crippen LogP contribution in [0.15, 0.2) is 33.9 Å². The number of hydrogen-bond acceptors (Lipinski definition) is 4. The van der Waals surface area contributed by atoms with Crippen molar-refractivity contribution >= 4 is 17.5 Å². The first kappa shape index (κ1) is 17.3. The maximum absolute atomic E-state index is 12.5. The minimum atomic E-state index is -0.916. The minimum absolute atomic E-state index is 0.0315. The molecule has 0 unspecified atom stereocenters. The predicted octanol–water partition coefficient (Wildman–Crippen LogP) is 1.95. The van der Waals surface area contributed by atoms with Crippen LogP contribution in [0.1, 0.15) is 42.5 Å². The Morgan fingerprint density at radius 3 is 2.44 bits per heavy atom. The zero-order chi connectivity index (χ0) is 18.0. The van der Waals surface area contributed by atoms with Crippen molar-refractivity contribution in [2.75, 3.05) is 0 Å². The maximum Gasteiger partial charge on any atom is 0.335 e. The summed E-state index contributed by atoms with van der Waals surface area (Å²) in [6, 6.07) is 6.05. The zero-order valence-electron chi connectivity index (χ0n) is 13.4. The van der Waals surface area contributed by atoms with Crippen molar-refractivity contribution in [2.45, 2.75) is 38.1 Å². The van der Waals surface area contributed by atoms with Gasteiger partial charge in [-0.15, -0.1) is 0 Å². The Kier molecular flexibility index (Phi) is 4.94. The Balaban J connectivity index is 2.00. The molecule has 1 aromatic heterocycles. The van der Waals surface area contributed by atoms with Gasteiger partial charge in [-0.05, 0) is 37.1 Å². The molecule has 2 aromatic rings. The molecule has 1 aromatic carbocycles. The average Bonchev–Trinajstić information content (AvgIpc) is 2.57. The molecule has 1 aliphatic carbocycles. The summed E-state index contributed by atoms with van der Waals surface area (Å²) in [6.07, 6.45) is 4.82. The number of aromatic amines is 1. The summed E-state index contributed by atoms with van der Waals surface area (Å²) in [4.78, 5) is 38.7. The molecule has 1 saturated carbocycles. The second-order valence-corrected chi connectivity index (χ2v) is 6.51. The van der Waals surface area contributed by atoms with E-state index in [1.807, 2.05) is 0 Å². The summed E-state index contributed by atoms with van der Waals surface area (Å²) in [5.74, 6) is -1.38. The van der Waals surface area contributed by atoms with Gasteiger partial charge in [-0.3, -0.25) is 14.6 Å². The summed E-state index contributed by atoms with van der Waals surface area (Å²) in [7, 11) is 0. The fraction of sp³-hybridized carbons (Fsp3) is 0.353. The second-order valence-electron chi connectivity index (χ2n) is 6.08. The minimum Gasteiger partial charge on any atom is -0.493 e. The third-order valence-electron chi connectivity index (χ3n) is 4.34. The van der Waals surface area contributed by atoms with Crippen molar-refractivity contribution in [3.8, 4) is 11.6 Å². The van der Waals surface area contributed by atoms with Gasteiger partial charge in [-0.2, -0.15) is 0 Å². The SMILES string of the molecule is O=C(NC1CCCCC1)c1c(O)n(-c2ccc(Cl)cc2)c(=O)[nH]c1=O. The lowest BCUT2D eigenvalue weighted by Crippen LogP contribution is -2.41. The van der Waals surface area contributed by atoms with Gasteiger partial charge >= 0.3 is 5.69 Å². The van der Waals surface area contributed by atoms with Crippen LogP contribution in [0.5, 0.6) is 5.88 Å². The second kappa shape index (κ2) is 7.14. The maximum atomic E-state index is 12.5. The summed E-state index contributed by atoms with van der Waals surface area (Å²) < 4.78 is 0.869. The first-order valence-corrected chi connectivity index (χ1v) is 8.50. The topological polar surface area (TPSA) is 104 Å². The number of carbonyl (C=O) groups excluding carboxylic acids is 1. The molecule has 0 radical (unpaired) electrons. The highest BCUT2D eigenvalue weighted by molar-refractivity contribution is 6.30. The van der Waals surface area contributed by atoms with Crippen LogP contribution in [0.4, 0.5) is 0 Å². The molecule has 132 valence electrons. The molecule has 0 aliphatic heterocycles. The highest BCUT2D eigenvalue weighted by atomic mass is 35.5. The quantitative estimate of drug-likeness (QED) is 0.775. The molecule has 1 heterocycles. The molecular weight excluding hydrogens is 346 g/mol. The molecule has 0 bridgehead atoms. The van der Waals surface area contributed by atoms with Crippen LogP contribution < -0.4 is 16.6 Å². The summed E-state index contributed by atoms with van der Waals surface area (Å²) in [6.45, 7) is 0. The van der Waals surface area contributed by atoms with E-state index in [1.165, 1.54) is 24.3 Å². The Labute approximate surface area is 148 Å². The standard InChI is InChI=1S/C17H18ClN3O4/c18-10-6-8-12(9-7-10)21-16(24)13(15(23)20-17(21)25)14(22)19-11-4-2-1-3-5-11/h6-9,11,24H,1-5H2,(H,19,22)(H,20,23,25). The lowest BCUT2D eigenvalue weighted by atomic mass is 9.95. The monoisotopic (exact) mass is 363 g/mol. The first-order chi connectivity index (χ1) is 12.0. The summed E-state index contributed by atoms with van der Waals surface area (Å²) in [5, 5.41) is 13.6. The molecule has 3 N–H and O–H groups in total. The number of halogens is 1. The number of nitrogens with one attached hydrogen (secondary N) is 2. The van der Waals surface area contributed by atoms with Crippen molar-refractivity contribution in [2.24, 2.45) is 0 Å². The molecule has 3 rings (SSSR count). The van der Waals surface area contributed by atoms with Gasteiger partial charge in [0.15, 0.2) is 5.56 Å². The van der Waals surface area contributed by atoms with Crippen LogP contribution in [-0.4, -0.2) is 26.6 Å². The van der Waals surface area contributed by atoms with Crippen LogP contribution in [0.2, 0.25) is 5.02 Å². The molecule has 1 fully saturated rings. The molecule has 7 nitrogen and oxygen atoms in total. The molecule has 0 atom stereocenters. The zero-order valence-corrected chi connectivity index (χ0v) is 14.2. The van der Waals surface area contributed by atoms with Crippen LogP contribution in [0, 0.1) is 0 Å². The smallest absolute Gasteiger partial charge is 0.335 e. The number of aromatic nitrogens is 2. The molecule has 0 spiro atoms. The van der Waals surface area contributed by atoms with Gasteiger partial charge in [0.05, 0.1) is 5.69 Å². The van der Waals surface area contributed by atoms with Crippen molar-refractivity contribution in [3.05, 3.63) is 55.7 Å². The van der Waals surface area contributed by atoms with Gasteiger partial charge in [0, 0.05) is 11.1 Å². The van der Waals surface area contributed by atoms with Gasteiger partial charge in [-0.25, -0.2) is 9.36 Å². The molecule has 1 aliphatic rings. The van der Waals surface area contributed by atoms with E-state index in [0.717, 1.165) is 36.7 Å². The largest absolute Gasteiger partial charge is 0.493 e. The third-order valence-corrected chi connectivity index (χ3v) is 4.59. The Bertz CT molecular complexity index is 896. The van der Waals surface area contributed by atoms with Crippen LogP contribution in [-0.2, 0) is 0 Å². The van der Waals surface area contributed by atoms with E-state index in [2.05, 4.69) is 10.3 Å². The van der Waals surface area contributed by atoms with E-state index >= 15 is 0 Å². The fourth-order valence-corrected chi connectivity index (χ4v) is 3.19. The van der Waals surface area contributed by atoms with Crippen LogP contribution >= 0.6 is 11.6 Å². The van der Waals surface area contributed by atoms with Crippen LogP contribution in [0.25, 0.3) is 5.69 Å². The van der Waals surface area contributed by atoms with Crippen LogP contribution in [0.3, 0.4) is 0 Å².